The molecule has 5 rings (SSSR count). The summed E-state index contributed by atoms with van der Waals surface area (Å²) in [5.74, 6) is 1.41. The number of aromatic amines is 1. The van der Waals surface area contributed by atoms with Crippen molar-refractivity contribution in [2.45, 2.75) is 13.1 Å². The van der Waals surface area contributed by atoms with E-state index >= 15 is 0 Å². The summed E-state index contributed by atoms with van der Waals surface area (Å²) in [6.45, 7) is 2.54. The zero-order valence-corrected chi connectivity index (χ0v) is 18.5. The van der Waals surface area contributed by atoms with Crippen LogP contribution in [0.4, 0.5) is 19.0 Å². The number of aromatic nitrogens is 8. The first-order chi connectivity index (χ1) is 16.3. The smallest absolute Gasteiger partial charge is 0.370 e. The highest BCUT2D eigenvalue weighted by Gasteiger charge is 2.33. The van der Waals surface area contributed by atoms with Crippen LogP contribution in [0, 0.1) is 0 Å². The van der Waals surface area contributed by atoms with Crippen LogP contribution in [0.3, 0.4) is 0 Å². The molecule has 0 unspecified atom stereocenters. The van der Waals surface area contributed by atoms with E-state index in [2.05, 4.69) is 35.6 Å². The molecule has 4 aromatic heterocycles. The summed E-state index contributed by atoms with van der Waals surface area (Å²) in [6.07, 6.45) is -1.21. The van der Waals surface area contributed by atoms with Gasteiger partial charge in [0.05, 0.1) is 34.1 Å². The molecular weight excluding hydrogens is 447 g/mol. The normalized spacial score (nSPS) is 11.9. The molecule has 0 saturated carbocycles. The third-order valence-electron chi connectivity index (χ3n) is 5.41. The number of hydrogen-bond donors (Lipinski definition) is 2. The van der Waals surface area contributed by atoms with E-state index in [4.69, 9.17) is 0 Å². The molecule has 0 saturated heterocycles. The minimum Gasteiger partial charge on any atom is -0.370 e. The zero-order chi connectivity index (χ0) is 24.0. The van der Waals surface area contributed by atoms with Gasteiger partial charge in [0.15, 0.2) is 11.6 Å². The van der Waals surface area contributed by atoms with Crippen LogP contribution in [0.5, 0.6) is 0 Å². The number of rotatable bonds is 5. The molecule has 4 heterocycles. The number of nitrogens with one attached hydrogen (secondary N) is 2. The van der Waals surface area contributed by atoms with Gasteiger partial charge in [0.2, 0.25) is 0 Å². The number of hydrogen-bond acceptors (Lipinski definition) is 6. The minimum absolute atomic E-state index is 0.0810. The number of anilines is 1. The van der Waals surface area contributed by atoms with Crippen molar-refractivity contribution in [3.8, 4) is 34.2 Å². The Morgan fingerprint density at radius 3 is 2.65 bits per heavy atom. The molecule has 0 aliphatic carbocycles. The SMILES string of the molecule is CCNc1cc(-c2c(-c3nncn3C)cnn2C)cc(-c2nc3cccc(C(F)(F)F)c3[nH]2)n1. The topological polar surface area (TPSA) is 102 Å². The zero-order valence-electron chi connectivity index (χ0n) is 18.5. The van der Waals surface area contributed by atoms with E-state index in [0.717, 1.165) is 22.9 Å². The van der Waals surface area contributed by atoms with Gasteiger partial charge in [0.1, 0.15) is 17.8 Å². The first-order valence-electron chi connectivity index (χ1n) is 10.4. The van der Waals surface area contributed by atoms with Gasteiger partial charge in [-0.15, -0.1) is 10.2 Å². The lowest BCUT2D eigenvalue weighted by molar-refractivity contribution is -0.136. The van der Waals surface area contributed by atoms with Crippen molar-refractivity contribution >= 4 is 16.9 Å². The van der Waals surface area contributed by atoms with Gasteiger partial charge in [-0.2, -0.15) is 18.3 Å². The third kappa shape index (κ3) is 3.66. The molecule has 2 N–H and O–H groups in total. The van der Waals surface area contributed by atoms with Crippen molar-refractivity contribution in [1.29, 1.82) is 0 Å². The Hall–Kier alpha value is -4.22. The van der Waals surface area contributed by atoms with E-state index < -0.39 is 11.7 Å². The Bertz CT molecular complexity index is 1490. The molecule has 0 amide bonds. The number of nitrogens with zero attached hydrogens (tertiary/aromatic N) is 7. The van der Waals surface area contributed by atoms with Crippen LogP contribution in [0.1, 0.15) is 12.5 Å². The van der Waals surface area contributed by atoms with Crippen LogP contribution in [0.25, 0.3) is 45.2 Å². The fourth-order valence-corrected chi connectivity index (χ4v) is 3.92. The van der Waals surface area contributed by atoms with Crippen LogP contribution < -0.4 is 5.32 Å². The first kappa shape index (κ1) is 21.6. The van der Waals surface area contributed by atoms with Gasteiger partial charge in [0.25, 0.3) is 0 Å². The summed E-state index contributed by atoms with van der Waals surface area (Å²) in [5, 5.41) is 15.7. The first-order valence-corrected chi connectivity index (χ1v) is 10.4. The third-order valence-corrected chi connectivity index (χ3v) is 5.41. The molecule has 0 spiro atoms. The summed E-state index contributed by atoms with van der Waals surface area (Å²) >= 11 is 0. The lowest BCUT2D eigenvalue weighted by atomic mass is 10.1. The Balaban J connectivity index is 1.70. The predicted octanol–water partition coefficient (Wildman–Crippen LogP) is 4.27. The quantitative estimate of drug-likeness (QED) is 0.400. The molecule has 1 aromatic carbocycles. The summed E-state index contributed by atoms with van der Waals surface area (Å²) in [4.78, 5) is 11.8. The van der Waals surface area contributed by atoms with Crippen LogP contribution in [0.2, 0.25) is 0 Å². The molecule has 5 aromatic rings. The highest BCUT2D eigenvalue weighted by atomic mass is 19.4. The minimum atomic E-state index is -4.51. The van der Waals surface area contributed by atoms with Crippen molar-refractivity contribution in [2.75, 3.05) is 11.9 Å². The number of benzene rings is 1. The molecule has 0 atom stereocenters. The van der Waals surface area contributed by atoms with Crippen LogP contribution in [-0.2, 0) is 20.3 Å². The van der Waals surface area contributed by atoms with Crippen molar-refractivity contribution in [2.24, 2.45) is 14.1 Å². The average Bonchev–Trinajstić information content (AvgIpc) is 3.50. The number of H-pyrrole nitrogens is 1. The second-order valence-corrected chi connectivity index (χ2v) is 7.74. The predicted molar refractivity (Wildman–Crippen MR) is 121 cm³/mol. The summed E-state index contributed by atoms with van der Waals surface area (Å²) in [7, 11) is 3.64. The molecule has 34 heavy (non-hydrogen) atoms. The van der Waals surface area contributed by atoms with Crippen molar-refractivity contribution < 1.29 is 13.2 Å². The largest absolute Gasteiger partial charge is 0.418 e. The standard InChI is InChI=1S/C22H20F3N9/c1-4-26-17-9-12(19-13(10-28-34(19)3)21-32-27-11-33(21)2)8-16(29-17)20-30-15-7-5-6-14(18(15)31-20)22(23,24)25/h5-11H,4H2,1-3H3,(H,26,29)(H,30,31). The Kier molecular flexibility index (Phi) is 5.07. The number of alkyl halides is 3. The number of fused-ring (bicyclic) bond motifs is 1. The molecule has 0 aliphatic rings. The maximum absolute atomic E-state index is 13.5. The van der Waals surface area contributed by atoms with Gasteiger partial charge in [-0.05, 0) is 31.2 Å². The highest BCUT2D eigenvalue weighted by molar-refractivity contribution is 5.85. The number of aryl methyl sites for hydroxylation is 2. The monoisotopic (exact) mass is 467 g/mol. The van der Waals surface area contributed by atoms with Crippen molar-refractivity contribution in [3.63, 3.8) is 0 Å². The van der Waals surface area contributed by atoms with Crippen LogP contribution in [-0.4, -0.2) is 46.0 Å². The lowest BCUT2D eigenvalue weighted by Crippen LogP contribution is -2.05. The van der Waals surface area contributed by atoms with Crippen LogP contribution >= 0.6 is 0 Å². The van der Waals surface area contributed by atoms with Crippen molar-refractivity contribution in [1.82, 2.24) is 39.5 Å². The van der Waals surface area contributed by atoms with Gasteiger partial charge in [-0.1, -0.05) is 6.07 Å². The second-order valence-electron chi connectivity index (χ2n) is 7.74. The maximum atomic E-state index is 13.5. The molecule has 174 valence electrons. The van der Waals surface area contributed by atoms with E-state index in [0.29, 0.717) is 23.9 Å². The van der Waals surface area contributed by atoms with E-state index in [1.165, 1.54) is 12.1 Å². The fraction of sp³-hybridized carbons (Fsp3) is 0.227. The second kappa shape index (κ2) is 7.97. The molecule has 9 nitrogen and oxygen atoms in total. The van der Waals surface area contributed by atoms with Gasteiger partial charge >= 0.3 is 6.18 Å². The molecule has 12 heteroatoms. The average molecular weight is 467 g/mol. The van der Waals surface area contributed by atoms with Gasteiger partial charge in [0, 0.05) is 26.2 Å². The Labute approximate surface area is 191 Å². The molecule has 0 radical (unpaired) electrons. The molecule has 0 fully saturated rings. The lowest BCUT2D eigenvalue weighted by Gasteiger charge is -2.11. The number of para-hydroxylation sites is 1. The van der Waals surface area contributed by atoms with Crippen molar-refractivity contribution in [3.05, 3.63) is 48.4 Å². The fourth-order valence-electron chi connectivity index (χ4n) is 3.92. The Morgan fingerprint density at radius 1 is 1.12 bits per heavy atom. The maximum Gasteiger partial charge on any atom is 0.418 e. The van der Waals surface area contributed by atoms with Gasteiger partial charge in [-0.3, -0.25) is 4.68 Å². The van der Waals surface area contributed by atoms with Gasteiger partial charge in [-0.25, -0.2) is 9.97 Å². The number of pyridine rings is 1. The number of imidazole rings is 1. The van der Waals surface area contributed by atoms with E-state index in [9.17, 15) is 13.2 Å². The highest BCUT2D eigenvalue weighted by Crippen LogP contribution is 2.36. The number of halogens is 3. The van der Waals surface area contributed by atoms with E-state index in [1.807, 2.05) is 20.0 Å². The molecular formula is C22H20F3N9. The molecule has 0 aliphatic heterocycles. The Morgan fingerprint density at radius 2 is 1.94 bits per heavy atom. The van der Waals surface area contributed by atoms with E-state index in [1.54, 1.807) is 34.9 Å². The van der Waals surface area contributed by atoms with Gasteiger partial charge < -0.3 is 14.9 Å². The summed E-state index contributed by atoms with van der Waals surface area (Å²) in [6, 6.07) is 7.52. The van der Waals surface area contributed by atoms with Crippen LogP contribution in [0.15, 0.2) is 42.9 Å². The summed E-state index contributed by atoms with van der Waals surface area (Å²) < 4.78 is 44.0. The molecule has 0 bridgehead atoms. The summed E-state index contributed by atoms with van der Waals surface area (Å²) in [5.41, 5.74) is 2.00. The van der Waals surface area contributed by atoms with E-state index in [-0.39, 0.29) is 16.9 Å².